The summed E-state index contributed by atoms with van der Waals surface area (Å²) in [5.41, 5.74) is 1.86. The van der Waals surface area contributed by atoms with Gasteiger partial charge >= 0.3 is 24.3 Å². The average molecular weight is 480 g/mol. The fraction of sp³-hybridized carbons (Fsp3) is 0.778. The molecule has 1 heterocycles. The van der Waals surface area contributed by atoms with Crippen molar-refractivity contribution in [1.29, 1.82) is 0 Å². The van der Waals surface area contributed by atoms with E-state index in [1.807, 2.05) is 25.3 Å². The third-order valence-electron chi connectivity index (χ3n) is 4.14. The molecule has 4 atom stereocenters. The molecule has 0 aromatic heterocycles. The predicted molar refractivity (Wildman–Crippen MR) is 98.5 cm³/mol. The van der Waals surface area contributed by atoms with Crippen molar-refractivity contribution in [2.24, 2.45) is 0 Å². The van der Waals surface area contributed by atoms with Crippen LogP contribution in [0.3, 0.4) is 0 Å². The molecule has 1 unspecified atom stereocenters. The third kappa shape index (κ3) is 10.5. The number of rotatable bonds is 8. The number of ether oxygens (including phenoxy) is 4. The van der Waals surface area contributed by atoms with E-state index >= 15 is 0 Å². The topological polar surface area (TPSA) is 71.1 Å². The van der Waals surface area contributed by atoms with Crippen LogP contribution in [0, 0.1) is 0 Å². The molecule has 0 aromatic rings. The van der Waals surface area contributed by atoms with Crippen molar-refractivity contribution >= 4 is 20.0 Å². The zero-order chi connectivity index (χ0) is 24.0. The number of carbonyl (C=O) groups excluding carboxylic acids is 2. The number of carbonyl (C=O) groups is 2. The van der Waals surface area contributed by atoms with Crippen molar-refractivity contribution in [2.45, 2.75) is 82.3 Å². The lowest BCUT2D eigenvalue weighted by Gasteiger charge is -2.35. The summed E-state index contributed by atoms with van der Waals surface area (Å²) in [4.78, 5) is 22.4. The zero-order valence-electron chi connectivity index (χ0n) is 17.5. The van der Waals surface area contributed by atoms with E-state index in [0.717, 1.165) is 0 Å². The van der Waals surface area contributed by atoms with Gasteiger partial charge in [0, 0.05) is 32.8 Å². The van der Waals surface area contributed by atoms with E-state index in [2.05, 4.69) is 9.47 Å². The van der Waals surface area contributed by atoms with Gasteiger partial charge in [0.15, 0.2) is 6.29 Å². The molecule has 1 saturated heterocycles. The van der Waals surface area contributed by atoms with Gasteiger partial charge in [-0.05, 0) is 0 Å². The number of esters is 2. The Labute approximate surface area is 176 Å². The fourth-order valence-electron chi connectivity index (χ4n) is 2.83. The minimum Gasteiger partial charge on any atom is -0.455 e. The molecule has 0 N–H and O–H groups in total. The minimum absolute atomic E-state index is 0.0450. The van der Waals surface area contributed by atoms with Crippen molar-refractivity contribution in [1.82, 2.24) is 0 Å². The fourth-order valence-corrected chi connectivity index (χ4v) is 3.67. The van der Waals surface area contributed by atoms with Gasteiger partial charge in [0.25, 0.3) is 0 Å². The largest absolute Gasteiger partial charge is 0.490 e. The van der Waals surface area contributed by atoms with Crippen LogP contribution in [0.4, 0.5) is 26.3 Å². The Hall–Kier alpha value is -1.60. The lowest BCUT2D eigenvalue weighted by molar-refractivity contribution is -0.235. The summed E-state index contributed by atoms with van der Waals surface area (Å²) in [5, 5.41) is 0. The number of hydrogen-bond donors (Lipinski definition) is 0. The van der Waals surface area contributed by atoms with Gasteiger partial charge in [-0.25, -0.2) is 9.59 Å². The summed E-state index contributed by atoms with van der Waals surface area (Å²) in [6.45, 7) is 5.98. The molecule has 31 heavy (non-hydrogen) atoms. The molecular weight excluding hydrogens is 454 g/mol. The maximum Gasteiger partial charge on any atom is 0.490 e. The molecular formula is C18H26F6O6Si. The van der Waals surface area contributed by atoms with Gasteiger partial charge in [-0.1, -0.05) is 31.4 Å². The third-order valence-corrected chi connectivity index (χ3v) is 5.38. The van der Waals surface area contributed by atoms with E-state index in [1.165, 1.54) is 7.11 Å². The summed E-state index contributed by atoms with van der Waals surface area (Å²) >= 11 is 0. The maximum atomic E-state index is 12.6. The maximum absolute atomic E-state index is 12.6. The first-order chi connectivity index (χ1) is 14.0. The number of methoxy groups -OCH3 is 1. The van der Waals surface area contributed by atoms with E-state index in [9.17, 15) is 35.9 Å². The average Bonchev–Trinajstić information content (AvgIpc) is 2.58. The highest BCUT2D eigenvalue weighted by Gasteiger charge is 2.45. The first-order valence-electron chi connectivity index (χ1n) is 9.43. The van der Waals surface area contributed by atoms with Gasteiger partial charge in [0.1, 0.15) is 12.2 Å². The summed E-state index contributed by atoms with van der Waals surface area (Å²) < 4.78 is 94.8. The van der Waals surface area contributed by atoms with Crippen LogP contribution in [-0.2, 0) is 28.5 Å². The molecule has 1 aliphatic rings. The van der Waals surface area contributed by atoms with Crippen LogP contribution in [0.15, 0.2) is 11.8 Å². The number of hydrogen-bond acceptors (Lipinski definition) is 6. The molecule has 1 rings (SSSR count). The molecule has 6 nitrogen and oxygen atoms in total. The Kier molecular flexibility index (Phi) is 9.57. The van der Waals surface area contributed by atoms with Gasteiger partial charge in [0.05, 0.1) is 14.2 Å². The van der Waals surface area contributed by atoms with Crippen molar-refractivity contribution in [3.8, 4) is 0 Å². The van der Waals surface area contributed by atoms with Crippen LogP contribution in [0.5, 0.6) is 0 Å². The predicted octanol–water partition coefficient (Wildman–Crippen LogP) is 4.30. The van der Waals surface area contributed by atoms with Gasteiger partial charge in [-0.2, -0.15) is 26.3 Å². The van der Waals surface area contributed by atoms with Crippen LogP contribution in [0.1, 0.15) is 25.7 Å². The number of halogens is 6. The van der Waals surface area contributed by atoms with Gasteiger partial charge < -0.3 is 18.9 Å². The molecule has 0 aromatic carbocycles. The quantitative estimate of drug-likeness (QED) is 0.293. The number of alkyl halides is 6. The van der Waals surface area contributed by atoms with E-state index in [1.54, 1.807) is 6.08 Å². The van der Waals surface area contributed by atoms with Crippen molar-refractivity contribution < 1.29 is 54.9 Å². The zero-order valence-corrected chi connectivity index (χ0v) is 18.5. The molecule has 1 aliphatic heterocycles. The molecule has 13 heteroatoms. The van der Waals surface area contributed by atoms with Gasteiger partial charge in [-0.15, -0.1) is 0 Å². The summed E-state index contributed by atoms with van der Waals surface area (Å²) in [5.74, 6) is -4.76. The monoisotopic (exact) mass is 480 g/mol. The summed E-state index contributed by atoms with van der Waals surface area (Å²) in [6, 6.07) is 0. The highest BCUT2D eigenvalue weighted by molar-refractivity contribution is 6.80. The molecule has 0 spiro atoms. The standard InChI is InChI=1S/C18H26F6O6Si/c1-27-14-10-13(30-16(26)18(22,23)24)9-12(28-14)8-11(6-5-7-31(2,3)4)29-15(25)17(19,20)21/h5,7,11-14H,6,8-10H2,1-4H3/b7-5+/t11-,12-,13-,14?/m0/s1. The van der Waals surface area contributed by atoms with Crippen LogP contribution >= 0.6 is 0 Å². The van der Waals surface area contributed by atoms with Crippen molar-refractivity contribution in [3.05, 3.63) is 11.8 Å². The molecule has 0 radical (unpaired) electrons. The second kappa shape index (κ2) is 10.8. The van der Waals surface area contributed by atoms with Crippen LogP contribution in [0.25, 0.3) is 0 Å². The Morgan fingerprint density at radius 3 is 2.13 bits per heavy atom. The van der Waals surface area contributed by atoms with Gasteiger partial charge in [-0.3, -0.25) is 0 Å². The first-order valence-corrected chi connectivity index (χ1v) is 13.0. The Balaban J connectivity index is 2.91. The summed E-state index contributed by atoms with van der Waals surface area (Å²) in [7, 11) is -0.460. The second-order valence-corrected chi connectivity index (χ2v) is 13.3. The lowest BCUT2D eigenvalue weighted by atomic mass is 9.98. The van der Waals surface area contributed by atoms with E-state index in [-0.39, 0.29) is 25.7 Å². The van der Waals surface area contributed by atoms with E-state index < -0.39 is 57.0 Å². The minimum atomic E-state index is -5.20. The van der Waals surface area contributed by atoms with Crippen LogP contribution < -0.4 is 0 Å². The Bertz CT molecular complexity index is 643. The molecule has 0 saturated carbocycles. The highest BCUT2D eigenvalue weighted by atomic mass is 28.3. The smallest absolute Gasteiger partial charge is 0.455 e. The summed E-state index contributed by atoms with van der Waals surface area (Å²) in [6.07, 6.45) is -14.0. The lowest BCUT2D eigenvalue weighted by Crippen LogP contribution is -2.42. The first kappa shape index (κ1) is 27.4. The van der Waals surface area contributed by atoms with Crippen LogP contribution in [-0.4, -0.2) is 64.1 Å². The molecule has 180 valence electrons. The highest BCUT2D eigenvalue weighted by Crippen LogP contribution is 2.30. The Morgan fingerprint density at radius 2 is 1.65 bits per heavy atom. The van der Waals surface area contributed by atoms with E-state index in [4.69, 9.17) is 9.47 Å². The normalized spacial score (nSPS) is 24.1. The van der Waals surface area contributed by atoms with Gasteiger partial charge in [0.2, 0.25) is 0 Å². The van der Waals surface area contributed by atoms with E-state index in [0.29, 0.717) is 0 Å². The Morgan fingerprint density at radius 1 is 1.06 bits per heavy atom. The van der Waals surface area contributed by atoms with Crippen LogP contribution in [0.2, 0.25) is 19.6 Å². The van der Waals surface area contributed by atoms with Crippen molar-refractivity contribution in [3.63, 3.8) is 0 Å². The molecule has 0 amide bonds. The molecule has 1 fully saturated rings. The SMILES string of the molecule is COC1C[C@@H](OC(=O)C(F)(F)F)C[C@H](C[C@H](C/C=C/[Si](C)(C)C)OC(=O)C(F)(F)F)O1. The van der Waals surface area contributed by atoms with Crippen molar-refractivity contribution in [2.75, 3.05) is 7.11 Å². The molecule has 0 bridgehead atoms. The second-order valence-electron chi connectivity index (χ2n) is 8.18. The molecule has 0 aliphatic carbocycles.